The first-order valence-electron chi connectivity index (χ1n) is 8.03. The average molecular weight is 320 g/mol. The van der Waals surface area contributed by atoms with Gasteiger partial charge in [-0.3, -0.25) is 4.79 Å². The van der Waals surface area contributed by atoms with Gasteiger partial charge in [-0.1, -0.05) is 18.3 Å². The molecule has 0 spiro atoms. The van der Waals surface area contributed by atoms with Crippen LogP contribution in [0.25, 0.3) is 0 Å². The molecule has 1 N–H and O–H groups in total. The van der Waals surface area contributed by atoms with Gasteiger partial charge in [0, 0.05) is 5.92 Å². The molecule has 2 bridgehead atoms. The lowest BCUT2D eigenvalue weighted by Crippen LogP contribution is -2.18. The van der Waals surface area contributed by atoms with Crippen LogP contribution >= 0.6 is 11.3 Å². The predicted octanol–water partition coefficient (Wildman–Crippen LogP) is 2.72. The molecule has 6 heteroatoms. The number of thiazole rings is 1. The molecule has 1 aromatic rings. The summed E-state index contributed by atoms with van der Waals surface area (Å²) in [6, 6.07) is 0. The first-order chi connectivity index (χ1) is 10.6. The molecule has 3 fully saturated rings. The Balaban J connectivity index is 1.47. The normalized spacial score (nSPS) is 34.4. The molecule has 0 radical (unpaired) electrons. The molecule has 22 heavy (non-hydrogen) atoms. The van der Waals surface area contributed by atoms with E-state index in [1.807, 2.05) is 6.92 Å². The molecule has 118 valence electrons. The van der Waals surface area contributed by atoms with Gasteiger partial charge in [-0.15, -0.1) is 0 Å². The Morgan fingerprint density at radius 1 is 1.32 bits per heavy atom. The van der Waals surface area contributed by atoms with E-state index in [4.69, 9.17) is 4.74 Å². The summed E-state index contributed by atoms with van der Waals surface area (Å²) in [6.07, 6.45) is 4.59. The van der Waals surface area contributed by atoms with Gasteiger partial charge in [-0.2, -0.15) is 0 Å². The summed E-state index contributed by atoms with van der Waals surface area (Å²) in [5.74, 6) is 2.68. The Hall–Kier alpha value is -1.43. The Bertz CT molecular complexity index is 625. The molecule has 3 aliphatic rings. The second-order valence-corrected chi connectivity index (χ2v) is 7.64. The maximum Gasteiger partial charge on any atom is 0.350 e. The molecule has 3 aliphatic carbocycles. The van der Waals surface area contributed by atoms with Crippen LogP contribution in [0.15, 0.2) is 0 Å². The van der Waals surface area contributed by atoms with Crippen LogP contribution < -0.4 is 5.32 Å². The molecule has 4 rings (SSSR count). The van der Waals surface area contributed by atoms with Crippen molar-refractivity contribution in [1.29, 1.82) is 0 Å². The molecular formula is C16H20N2O3S. The molecule has 1 amide bonds. The highest BCUT2D eigenvalue weighted by molar-refractivity contribution is 7.17. The number of aryl methyl sites for hydroxylation is 1. The van der Waals surface area contributed by atoms with Crippen LogP contribution in [0.4, 0.5) is 5.13 Å². The molecule has 1 aromatic heterocycles. The van der Waals surface area contributed by atoms with Crippen molar-refractivity contribution in [2.75, 3.05) is 12.4 Å². The van der Waals surface area contributed by atoms with Crippen molar-refractivity contribution in [2.45, 2.75) is 32.6 Å². The van der Waals surface area contributed by atoms with E-state index in [2.05, 4.69) is 10.3 Å². The first kappa shape index (κ1) is 14.2. The van der Waals surface area contributed by atoms with Gasteiger partial charge in [-0.25, -0.2) is 9.78 Å². The van der Waals surface area contributed by atoms with Crippen molar-refractivity contribution in [2.24, 2.45) is 29.6 Å². The van der Waals surface area contributed by atoms with Crippen molar-refractivity contribution in [3.8, 4) is 0 Å². The number of esters is 1. The van der Waals surface area contributed by atoms with E-state index in [0.717, 1.165) is 11.8 Å². The van der Waals surface area contributed by atoms with E-state index >= 15 is 0 Å². The molecule has 4 atom stereocenters. The van der Waals surface area contributed by atoms with Crippen LogP contribution in [0.5, 0.6) is 0 Å². The van der Waals surface area contributed by atoms with Crippen molar-refractivity contribution in [3.63, 3.8) is 0 Å². The molecule has 0 saturated heterocycles. The second kappa shape index (κ2) is 5.05. The summed E-state index contributed by atoms with van der Waals surface area (Å²) >= 11 is 1.22. The number of carbonyl (C=O) groups excluding carboxylic acids is 2. The SMILES string of the molecule is CCc1nc(NC(=O)C2C3C4CCC(C4)C23)sc1C(=O)OC. The van der Waals surface area contributed by atoms with Crippen molar-refractivity contribution in [3.05, 3.63) is 10.6 Å². The van der Waals surface area contributed by atoms with E-state index in [1.54, 1.807) is 0 Å². The lowest BCUT2D eigenvalue weighted by Gasteiger charge is -2.07. The number of ether oxygens (including phenoxy) is 1. The van der Waals surface area contributed by atoms with E-state index in [9.17, 15) is 9.59 Å². The predicted molar refractivity (Wildman–Crippen MR) is 82.8 cm³/mol. The number of fused-ring (bicyclic) bond motifs is 5. The van der Waals surface area contributed by atoms with Crippen LogP contribution in [0, 0.1) is 29.6 Å². The number of nitrogens with one attached hydrogen (secondary N) is 1. The number of aromatic nitrogens is 1. The Morgan fingerprint density at radius 2 is 2.00 bits per heavy atom. The summed E-state index contributed by atoms with van der Waals surface area (Å²) in [4.78, 5) is 29.1. The largest absolute Gasteiger partial charge is 0.465 e. The number of anilines is 1. The third-order valence-electron chi connectivity index (χ3n) is 5.67. The lowest BCUT2D eigenvalue weighted by atomic mass is 10.0. The van der Waals surface area contributed by atoms with Crippen LogP contribution in [-0.4, -0.2) is 24.0 Å². The summed E-state index contributed by atoms with van der Waals surface area (Å²) < 4.78 is 4.77. The average Bonchev–Trinajstić information content (AvgIpc) is 2.86. The van der Waals surface area contributed by atoms with E-state index in [0.29, 0.717) is 34.0 Å². The van der Waals surface area contributed by atoms with Gasteiger partial charge in [0.25, 0.3) is 0 Å². The summed E-state index contributed by atoms with van der Waals surface area (Å²) in [7, 11) is 1.36. The van der Waals surface area contributed by atoms with Gasteiger partial charge in [0.1, 0.15) is 4.88 Å². The van der Waals surface area contributed by atoms with Crippen molar-refractivity contribution in [1.82, 2.24) is 4.98 Å². The summed E-state index contributed by atoms with van der Waals surface area (Å²) in [5, 5.41) is 3.46. The van der Waals surface area contributed by atoms with Crippen molar-refractivity contribution < 1.29 is 14.3 Å². The van der Waals surface area contributed by atoms with Gasteiger partial charge in [0.2, 0.25) is 5.91 Å². The zero-order chi connectivity index (χ0) is 15.4. The number of carbonyl (C=O) groups is 2. The first-order valence-corrected chi connectivity index (χ1v) is 8.84. The third-order valence-corrected chi connectivity index (χ3v) is 6.66. The zero-order valence-corrected chi connectivity index (χ0v) is 13.6. The Kier molecular flexibility index (Phi) is 3.25. The lowest BCUT2D eigenvalue weighted by molar-refractivity contribution is -0.118. The monoisotopic (exact) mass is 320 g/mol. The number of hydrogen-bond donors (Lipinski definition) is 1. The standard InChI is InChI=1S/C16H20N2O3S/c1-3-9-13(15(20)21-2)22-16(17-9)18-14(19)12-10-7-4-5-8(6-7)11(10)12/h7-8,10-12H,3-6H2,1-2H3,(H,17,18,19). The number of methoxy groups -OCH3 is 1. The zero-order valence-electron chi connectivity index (χ0n) is 12.8. The van der Waals surface area contributed by atoms with E-state index in [-0.39, 0.29) is 17.8 Å². The maximum absolute atomic E-state index is 12.5. The smallest absolute Gasteiger partial charge is 0.350 e. The highest BCUT2D eigenvalue weighted by atomic mass is 32.1. The molecule has 0 aromatic carbocycles. The summed E-state index contributed by atoms with van der Waals surface area (Å²) in [5.41, 5.74) is 0.697. The van der Waals surface area contributed by atoms with Gasteiger partial charge >= 0.3 is 5.97 Å². The number of rotatable bonds is 4. The van der Waals surface area contributed by atoms with Crippen LogP contribution in [-0.2, 0) is 16.0 Å². The van der Waals surface area contributed by atoms with Gasteiger partial charge < -0.3 is 10.1 Å². The molecule has 4 unspecified atom stereocenters. The number of amides is 1. The highest BCUT2D eigenvalue weighted by Crippen LogP contribution is 2.69. The molecule has 0 aliphatic heterocycles. The van der Waals surface area contributed by atoms with Gasteiger partial charge in [-0.05, 0) is 49.4 Å². The minimum atomic E-state index is -0.379. The second-order valence-electron chi connectivity index (χ2n) is 6.64. The molecular weight excluding hydrogens is 300 g/mol. The van der Waals surface area contributed by atoms with Gasteiger partial charge in [0.05, 0.1) is 12.8 Å². The van der Waals surface area contributed by atoms with Gasteiger partial charge in [0.15, 0.2) is 5.13 Å². The molecule has 3 saturated carbocycles. The third kappa shape index (κ3) is 2.00. The summed E-state index contributed by atoms with van der Waals surface area (Å²) in [6.45, 7) is 1.94. The quantitative estimate of drug-likeness (QED) is 0.866. The molecule has 5 nitrogen and oxygen atoms in total. The van der Waals surface area contributed by atoms with Crippen LogP contribution in [0.2, 0.25) is 0 Å². The fourth-order valence-electron chi connectivity index (χ4n) is 4.76. The maximum atomic E-state index is 12.5. The van der Waals surface area contributed by atoms with Crippen molar-refractivity contribution >= 4 is 28.3 Å². The number of nitrogens with zero attached hydrogens (tertiary/aromatic N) is 1. The number of hydrogen-bond acceptors (Lipinski definition) is 5. The van der Waals surface area contributed by atoms with Crippen LogP contribution in [0.1, 0.15) is 41.6 Å². The minimum Gasteiger partial charge on any atom is -0.465 e. The topological polar surface area (TPSA) is 68.3 Å². The molecule has 1 heterocycles. The highest BCUT2D eigenvalue weighted by Gasteiger charge is 2.67. The Morgan fingerprint density at radius 3 is 2.59 bits per heavy atom. The van der Waals surface area contributed by atoms with E-state index in [1.165, 1.54) is 37.7 Å². The van der Waals surface area contributed by atoms with E-state index < -0.39 is 0 Å². The minimum absolute atomic E-state index is 0.0967. The van der Waals surface area contributed by atoms with Crippen LogP contribution in [0.3, 0.4) is 0 Å². The fourth-order valence-corrected chi connectivity index (χ4v) is 5.74. The Labute approximate surface area is 133 Å². The fraction of sp³-hybridized carbons (Fsp3) is 0.688.